The lowest BCUT2D eigenvalue weighted by Crippen LogP contribution is -2.10. The van der Waals surface area contributed by atoms with Crippen molar-refractivity contribution in [1.29, 1.82) is 0 Å². The molecule has 1 rings (SSSR count). The normalized spacial score (nSPS) is 12.9. The highest BCUT2D eigenvalue weighted by atomic mass is 19.3. The van der Waals surface area contributed by atoms with Crippen LogP contribution in [0.2, 0.25) is 0 Å². The first kappa shape index (κ1) is 11.9. The van der Waals surface area contributed by atoms with Crippen molar-refractivity contribution in [2.75, 3.05) is 6.54 Å². The molecule has 0 heterocycles. The minimum absolute atomic E-state index is 0.00606. The summed E-state index contributed by atoms with van der Waals surface area (Å²) in [6, 6.07) is 6.14. The van der Waals surface area contributed by atoms with Crippen LogP contribution in [-0.2, 0) is 0 Å². The predicted octanol–water partition coefficient (Wildman–Crippen LogP) is 1.67. The molecule has 84 valence electrons. The van der Waals surface area contributed by atoms with E-state index in [2.05, 4.69) is 4.74 Å². The monoisotopic (exact) mass is 217 g/mol. The molecule has 0 aromatic heterocycles. The van der Waals surface area contributed by atoms with Gasteiger partial charge >= 0.3 is 6.61 Å². The molecule has 3 nitrogen and oxygen atoms in total. The fourth-order valence-electron chi connectivity index (χ4n) is 1.27. The van der Waals surface area contributed by atoms with Crippen molar-refractivity contribution in [1.82, 2.24) is 0 Å². The Morgan fingerprint density at radius 2 is 2.00 bits per heavy atom. The molecule has 0 aliphatic heterocycles. The quantitative estimate of drug-likeness (QED) is 0.788. The summed E-state index contributed by atoms with van der Waals surface area (Å²) in [5.74, 6) is -0.00606. The number of aliphatic hydroxyl groups excluding tert-OH is 1. The molecule has 0 amide bonds. The summed E-state index contributed by atoms with van der Waals surface area (Å²) in [5, 5.41) is 9.61. The Kier molecular flexibility index (Phi) is 4.45. The van der Waals surface area contributed by atoms with Gasteiger partial charge in [0, 0.05) is 5.56 Å². The van der Waals surface area contributed by atoms with E-state index >= 15 is 0 Å². The van der Waals surface area contributed by atoms with Crippen LogP contribution in [0, 0.1) is 0 Å². The zero-order valence-corrected chi connectivity index (χ0v) is 8.07. The molecule has 0 aliphatic carbocycles. The van der Waals surface area contributed by atoms with Crippen molar-refractivity contribution >= 4 is 0 Å². The van der Waals surface area contributed by atoms with E-state index in [0.717, 1.165) is 0 Å². The minimum Gasteiger partial charge on any atom is -0.434 e. The zero-order chi connectivity index (χ0) is 11.3. The Morgan fingerprint density at radius 1 is 1.33 bits per heavy atom. The van der Waals surface area contributed by atoms with E-state index in [4.69, 9.17) is 5.73 Å². The average molecular weight is 217 g/mol. The molecule has 0 aliphatic rings. The fraction of sp³-hybridized carbons (Fsp3) is 0.400. The number of aliphatic hydroxyl groups is 1. The molecule has 1 unspecified atom stereocenters. The van der Waals surface area contributed by atoms with Crippen LogP contribution in [0.1, 0.15) is 18.1 Å². The molecule has 15 heavy (non-hydrogen) atoms. The van der Waals surface area contributed by atoms with E-state index in [-0.39, 0.29) is 12.3 Å². The van der Waals surface area contributed by atoms with Crippen molar-refractivity contribution in [2.45, 2.75) is 19.1 Å². The number of alkyl halides is 2. The lowest BCUT2D eigenvalue weighted by Gasteiger charge is -2.14. The summed E-state index contributed by atoms with van der Waals surface area (Å²) in [4.78, 5) is 0. The minimum atomic E-state index is -2.89. The zero-order valence-electron chi connectivity index (χ0n) is 8.07. The summed E-state index contributed by atoms with van der Waals surface area (Å²) in [5.41, 5.74) is 5.61. The third-order valence-corrected chi connectivity index (χ3v) is 1.93. The van der Waals surface area contributed by atoms with Crippen LogP contribution in [0.4, 0.5) is 8.78 Å². The number of rotatable bonds is 5. The van der Waals surface area contributed by atoms with Gasteiger partial charge in [0.2, 0.25) is 0 Å². The van der Waals surface area contributed by atoms with Crippen LogP contribution in [0.5, 0.6) is 5.75 Å². The molecule has 0 fully saturated rings. The molecular weight excluding hydrogens is 204 g/mol. The van der Waals surface area contributed by atoms with Crippen molar-refractivity contribution in [3.8, 4) is 5.75 Å². The van der Waals surface area contributed by atoms with E-state index in [9.17, 15) is 13.9 Å². The standard InChI is InChI=1S/C10H13F2NO2/c11-10(12)15-9-4-2-1-3-7(9)8(14)5-6-13/h1-4,8,10,14H,5-6,13H2. The SMILES string of the molecule is NCCC(O)c1ccccc1OC(F)F. The van der Waals surface area contributed by atoms with Crippen LogP contribution in [0.3, 0.4) is 0 Å². The fourth-order valence-corrected chi connectivity index (χ4v) is 1.27. The average Bonchev–Trinajstić information content (AvgIpc) is 2.18. The highest BCUT2D eigenvalue weighted by molar-refractivity contribution is 5.35. The van der Waals surface area contributed by atoms with Gasteiger partial charge in [-0.25, -0.2) is 0 Å². The number of ether oxygens (including phenoxy) is 1. The van der Waals surface area contributed by atoms with Crippen molar-refractivity contribution in [3.05, 3.63) is 29.8 Å². The molecule has 1 aromatic carbocycles. The van der Waals surface area contributed by atoms with Crippen LogP contribution < -0.4 is 10.5 Å². The van der Waals surface area contributed by atoms with E-state index < -0.39 is 12.7 Å². The molecule has 1 aromatic rings. The lowest BCUT2D eigenvalue weighted by molar-refractivity contribution is -0.0516. The Labute approximate surface area is 86.5 Å². The molecule has 1 atom stereocenters. The number of para-hydroxylation sites is 1. The number of benzene rings is 1. The van der Waals surface area contributed by atoms with E-state index in [1.54, 1.807) is 12.1 Å². The van der Waals surface area contributed by atoms with Gasteiger partial charge in [0.1, 0.15) is 5.75 Å². The van der Waals surface area contributed by atoms with Crippen LogP contribution >= 0.6 is 0 Å². The number of halogens is 2. The van der Waals surface area contributed by atoms with Crippen LogP contribution in [-0.4, -0.2) is 18.3 Å². The van der Waals surface area contributed by atoms with Gasteiger partial charge in [-0.15, -0.1) is 0 Å². The third kappa shape index (κ3) is 3.45. The second-order valence-corrected chi connectivity index (χ2v) is 3.01. The summed E-state index contributed by atoms with van der Waals surface area (Å²) >= 11 is 0. The highest BCUT2D eigenvalue weighted by Gasteiger charge is 2.14. The molecule has 5 heteroatoms. The maximum Gasteiger partial charge on any atom is 0.387 e. The smallest absolute Gasteiger partial charge is 0.387 e. The Hall–Kier alpha value is -1.20. The summed E-state index contributed by atoms with van der Waals surface area (Å²) in [6.45, 7) is -2.61. The third-order valence-electron chi connectivity index (χ3n) is 1.93. The summed E-state index contributed by atoms with van der Waals surface area (Å²) in [6.07, 6.45) is -0.561. The Balaban J connectivity index is 2.85. The van der Waals surface area contributed by atoms with E-state index in [1.165, 1.54) is 12.1 Å². The molecule has 0 spiro atoms. The maximum atomic E-state index is 12.0. The van der Waals surface area contributed by atoms with Gasteiger partial charge in [-0.1, -0.05) is 18.2 Å². The van der Waals surface area contributed by atoms with Gasteiger partial charge in [0.05, 0.1) is 6.10 Å². The molecule has 0 bridgehead atoms. The van der Waals surface area contributed by atoms with Crippen LogP contribution in [0.15, 0.2) is 24.3 Å². The van der Waals surface area contributed by atoms with Crippen LogP contribution in [0.25, 0.3) is 0 Å². The van der Waals surface area contributed by atoms with Gasteiger partial charge in [-0.2, -0.15) is 8.78 Å². The van der Waals surface area contributed by atoms with Crippen molar-refractivity contribution in [3.63, 3.8) is 0 Å². The maximum absolute atomic E-state index is 12.0. The predicted molar refractivity (Wildman–Crippen MR) is 51.7 cm³/mol. The molecule has 3 N–H and O–H groups in total. The number of hydrogen-bond donors (Lipinski definition) is 2. The number of nitrogens with two attached hydrogens (primary N) is 1. The van der Waals surface area contributed by atoms with Gasteiger partial charge < -0.3 is 15.6 Å². The summed E-state index contributed by atoms with van der Waals surface area (Å²) in [7, 11) is 0. The highest BCUT2D eigenvalue weighted by Crippen LogP contribution is 2.27. The first-order valence-corrected chi connectivity index (χ1v) is 4.57. The van der Waals surface area contributed by atoms with Gasteiger partial charge in [-0.3, -0.25) is 0 Å². The van der Waals surface area contributed by atoms with E-state index in [1.807, 2.05) is 0 Å². The van der Waals surface area contributed by atoms with E-state index in [0.29, 0.717) is 12.0 Å². The summed E-state index contributed by atoms with van der Waals surface area (Å²) < 4.78 is 28.3. The lowest BCUT2D eigenvalue weighted by atomic mass is 10.1. The first-order valence-electron chi connectivity index (χ1n) is 4.57. The van der Waals surface area contributed by atoms with Gasteiger partial charge in [0.25, 0.3) is 0 Å². The first-order chi connectivity index (χ1) is 7.15. The number of hydrogen-bond acceptors (Lipinski definition) is 3. The second-order valence-electron chi connectivity index (χ2n) is 3.01. The van der Waals surface area contributed by atoms with Crippen molar-refractivity contribution in [2.24, 2.45) is 5.73 Å². The molecule has 0 saturated carbocycles. The van der Waals surface area contributed by atoms with Gasteiger partial charge in [-0.05, 0) is 19.0 Å². The molecule has 0 radical (unpaired) electrons. The molecular formula is C10H13F2NO2. The van der Waals surface area contributed by atoms with Gasteiger partial charge in [0.15, 0.2) is 0 Å². The molecule has 0 saturated heterocycles. The topological polar surface area (TPSA) is 55.5 Å². The van der Waals surface area contributed by atoms with Crippen molar-refractivity contribution < 1.29 is 18.6 Å². The Bertz CT molecular complexity index is 307. The largest absolute Gasteiger partial charge is 0.434 e. The Morgan fingerprint density at radius 3 is 2.60 bits per heavy atom. The second kappa shape index (κ2) is 5.63.